The van der Waals surface area contributed by atoms with Gasteiger partial charge in [0.05, 0.1) is 23.3 Å². The second-order valence-electron chi connectivity index (χ2n) is 10.4. The number of ether oxygens (including phenoxy) is 2. The minimum Gasteiger partial charge on any atom is -0.492 e. The molecule has 0 bridgehead atoms. The maximum Gasteiger partial charge on any atom is 0.335 e. The molecular weight excluding hydrogens is 556 g/mol. The first-order valence-corrected chi connectivity index (χ1v) is 14.9. The van der Waals surface area contributed by atoms with Crippen molar-refractivity contribution in [1.82, 2.24) is 0 Å². The lowest BCUT2D eigenvalue weighted by Crippen LogP contribution is -2.37. The number of carboxylic acids is 1. The largest absolute Gasteiger partial charge is 0.492 e. The van der Waals surface area contributed by atoms with Gasteiger partial charge in [-0.3, -0.25) is 4.79 Å². The summed E-state index contributed by atoms with van der Waals surface area (Å²) >= 11 is 3.66. The molecule has 1 aliphatic rings. The van der Waals surface area contributed by atoms with E-state index in [0.29, 0.717) is 19.1 Å². The molecule has 0 saturated heterocycles. The smallest absolute Gasteiger partial charge is 0.335 e. The Hall–Kier alpha value is -2.86. The predicted octanol–water partition coefficient (Wildman–Crippen LogP) is 8.65. The topological polar surface area (TPSA) is 72.8 Å². The van der Waals surface area contributed by atoms with Gasteiger partial charge in [0, 0.05) is 0 Å². The molecule has 0 amide bonds. The zero-order chi connectivity index (χ0) is 28.3. The molecule has 1 aliphatic carbocycles. The van der Waals surface area contributed by atoms with Crippen LogP contribution in [-0.2, 0) is 19.7 Å². The number of hydrogen-bond donors (Lipinski definition) is 1. The summed E-state index contributed by atoms with van der Waals surface area (Å²) in [7, 11) is 0. The van der Waals surface area contributed by atoms with Gasteiger partial charge in [0.1, 0.15) is 11.2 Å². The van der Waals surface area contributed by atoms with Crippen LogP contribution in [0.3, 0.4) is 0 Å². The third-order valence-corrected chi connectivity index (χ3v) is 8.02. The quantitative estimate of drug-likeness (QED) is 0.164. The summed E-state index contributed by atoms with van der Waals surface area (Å²) in [6.07, 6.45) is 12.7. The fourth-order valence-electron chi connectivity index (χ4n) is 4.69. The van der Waals surface area contributed by atoms with E-state index in [0.717, 1.165) is 52.6 Å². The van der Waals surface area contributed by atoms with Crippen molar-refractivity contribution in [3.63, 3.8) is 0 Å². The number of hydrogen-bond acceptors (Lipinski definition) is 4. The maximum absolute atomic E-state index is 13.7. The Labute approximate surface area is 241 Å². The average molecular weight is 598 g/mol. The highest BCUT2D eigenvalue weighted by Gasteiger charge is 2.42. The molecule has 0 spiro atoms. The number of rotatable bonds is 15. The number of carbonyl (C=O) groups is 2. The molecule has 2 atom stereocenters. The SMILES string of the molecule is CCCCCCCCOC(=O)C1(c2ccccc2-c2ccc(OCC(C)CC)c(Br)c2)C=CC(C(=O)O)=CC1. The van der Waals surface area contributed by atoms with Crippen molar-refractivity contribution in [3.05, 3.63) is 76.3 Å². The molecule has 2 aromatic carbocycles. The first-order chi connectivity index (χ1) is 18.8. The second kappa shape index (κ2) is 15.1. The Kier molecular flexibility index (Phi) is 11.9. The number of unbranched alkanes of at least 4 members (excludes halogenated alkanes) is 5. The van der Waals surface area contributed by atoms with Gasteiger partial charge in [-0.25, -0.2) is 4.79 Å². The summed E-state index contributed by atoms with van der Waals surface area (Å²) in [6, 6.07) is 13.7. The lowest BCUT2D eigenvalue weighted by molar-refractivity contribution is -0.149. The Morgan fingerprint density at radius 2 is 1.79 bits per heavy atom. The van der Waals surface area contributed by atoms with Crippen molar-refractivity contribution in [3.8, 4) is 16.9 Å². The number of allylic oxidation sites excluding steroid dienone is 1. The average Bonchev–Trinajstić information content (AvgIpc) is 2.95. The summed E-state index contributed by atoms with van der Waals surface area (Å²) in [6.45, 7) is 7.49. The zero-order valence-corrected chi connectivity index (χ0v) is 25.0. The van der Waals surface area contributed by atoms with Gasteiger partial charge >= 0.3 is 11.9 Å². The van der Waals surface area contributed by atoms with Crippen LogP contribution in [0.15, 0.2) is 70.7 Å². The van der Waals surface area contributed by atoms with Gasteiger partial charge in [-0.05, 0) is 63.5 Å². The number of benzene rings is 2. The monoisotopic (exact) mass is 596 g/mol. The molecule has 0 aromatic heterocycles. The molecule has 0 radical (unpaired) electrons. The molecule has 5 nitrogen and oxygen atoms in total. The second-order valence-corrected chi connectivity index (χ2v) is 11.2. The van der Waals surface area contributed by atoms with Crippen molar-refractivity contribution in [1.29, 1.82) is 0 Å². The summed E-state index contributed by atoms with van der Waals surface area (Å²) in [4.78, 5) is 25.3. The van der Waals surface area contributed by atoms with Crippen molar-refractivity contribution < 1.29 is 24.2 Å². The lowest BCUT2D eigenvalue weighted by atomic mass is 9.71. The molecule has 210 valence electrons. The Morgan fingerprint density at radius 1 is 1.05 bits per heavy atom. The third kappa shape index (κ3) is 8.07. The highest BCUT2D eigenvalue weighted by Crippen LogP contribution is 2.42. The van der Waals surface area contributed by atoms with Crippen LogP contribution >= 0.6 is 15.9 Å². The summed E-state index contributed by atoms with van der Waals surface area (Å²) in [5.41, 5.74) is 1.67. The zero-order valence-electron chi connectivity index (χ0n) is 23.4. The minimum absolute atomic E-state index is 0.178. The first-order valence-electron chi connectivity index (χ1n) is 14.1. The normalized spacial score (nSPS) is 17.4. The third-order valence-electron chi connectivity index (χ3n) is 7.40. The van der Waals surface area contributed by atoms with E-state index in [1.807, 2.05) is 42.5 Å². The van der Waals surface area contributed by atoms with Crippen LogP contribution in [0.2, 0.25) is 0 Å². The van der Waals surface area contributed by atoms with Crippen LogP contribution in [0.25, 0.3) is 11.1 Å². The molecule has 0 fully saturated rings. The molecule has 0 heterocycles. The van der Waals surface area contributed by atoms with E-state index in [-0.39, 0.29) is 18.0 Å². The molecule has 1 N–H and O–H groups in total. The molecule has 0 aliphatic heterocycles. The van der Waals surface area contributed by atoms with Gasteiger partial charge in [0.25, 0.3) is 0 Å². The molecular formula is C33H41BrO5. The Morgan fingerprint density at radius 3 is 2.46 bits per heavy atom. The molecule has 0 saturated carbocycles. The van der Waals surface area contributed by atoms with E-state index < -0.39 is 11.4 Å². The van der Waals surface area contributed by atoms with Gasteiger partial charge in [-0.1, -0.05) is 108 Å². The van der Waals surface area contributed by atoms with Gasteiger partial charge < -0.3 is 14.6 Å². The van der Waals surface area contributed by atoms with E-state index in [2.05, 4.69) is 36.7 Å². The molecule has 2 unspecified atom stereocenters. The fourth-order valence-corrected chi connectivity index (χ4v) is 5.19. The summed E-state index contributed by atoms with van der Waals surface area (Å²) in [5, 5.41) is 9.51. The highest BCUT2D eigenvalue weighted by atomic mass is 79.9. The number of aliphatic carboxylic acids is 1. The van der Waals surface area contributed by atoms with Crippen LogP contribution in [0, 0.1) is 5.92 Å². The van der Waals surface area contributed by atoms with E-state index >= 15 is 0 Å². The standard InChI is InChI=1S/C33H41BrO5/c1-4-6-7-8-9-12-21-38-32(37)33(19-17-25(18-20-33)31(35)36)28-14-11-10-13-27(28)26-15-16-30(29(34)22-26)39-23-24(3)5-2/h10-11,13-19,22,24H,4-9,12,20-21,23H2,1-3H3,(H,35,36). The van der Waals surface area contributed by atoms with E-state index in [1.54, 1.807) is 12.2 Å². The van der Waals surface area contributed by atoms with Crippen LogP contribution in [-0.4, -0.2) is 30.3 Å². The van der Waals surface area contributed by atoms with Crippen LogP contribution in [0.5, 0.6) is 5.75 Å². The Bertz CT molecular complexity index is 1180. The van der Waals surface area contributed by atoms with Crippen LogP contribution < -0.4 is 4.74 Å². The Balaban J connectivity index is 1.89. The minimum atomic E-state index is -1.12. The molecule has 2 aromatic rings. The molecule has 6 heteroatoms. The van der Waals surface area contributed by atoms with Gasteiger partial charge in [0.15, 0.2) is 0 Å². The van der Waals surface area contributed by atoms with E-state index in [1.165, 1.54) is 25.3 Å². The molecule has 3 rings (SSSR count). The van der Waals surface area contributed by atoms with Crippen molar-refractivity contribution >= 4 is 27.9 Å². The molecule has 39 heavy (non-hydrogen) atoms. The van der Waals surface area contributed by atoms with Crippen molar-refractivity contribution in [2.75, 3.05) is 13.2 Å². The van der Waals surface area contributed by atoms with Gasteiger partial charge in [-0.15, -0.1) is 0 Å². The lowest BCUT2D eigenvalue weighted by Gasteiger charge is -2.32. The number of esters is 1. The van der Waals surface area contributed by atoms with Gasteiger partial charge in [0.2, 0.25) is 0 Å². The number of carbonyl (C=O) groups excluding carboxylic acids is 1. The van der Waals surface area contributed by atoms with Crippen LogP contribution in [0.4, 0.5) is 0 Å². The van der Waals surface area contributed by atoms with Gasteiger partial charge in [-0.2, -0.15) is 0 Å². The van der Waals surface area contributed by atoms with E-state index in [4.69, 9.17) is 9.47 Å². The fraction of sp³-hybridized carbons (Fsp3) is 0.455. The van der Waals surface area contributed by atoms with Crippen LogP contribution in [0.1, 0.15) is 77.7 Å². The summed E-state index contributed by atoms with van der Waals surface area (Å²) in [5.74, 6) is -0.129. The number of carboxylic acid groups (broad SMARTS) is 1. The maximum atomic E-state index is 13.7. The summed E-state index contributed by atoms with van der Waals surface area (Å²) < 4.78 is 12.7. The first kappa shape index (κ1) is 30.7. The van der Waals surface area contributed by atoms with Crippen molar-refractivity contribution in [2.24, 2.45) is 5.92 Å². The number of halogens is 1. The predicted molar refractivity (Wildman–Crippen MR) is 160 cm³/mol. The highest BCUT2D eigenvalue weighted by molar-refractivity contribution is 9.10. The van der Waals surface area contributed by atoms with Crippen molar-refractivity contribution in [2.45, 2.75) is 77.6 Å². The van der Waals surface area contributed by atoms with E-state index in [9.17, 15) is 14.7 Å².